The largest absolute Gasteiger partial charge is 0.493 e. The molecule has 0 bridgehead atoms. The molecule has 12 heteroatoms. The summed E-state index contributed by atoms with van der Waals surface area (Å²) in [5.74, 6) is -2.94. The van der Waals surface area contributed by atoms with Gasteiger partial charge in [-0.15, -0.1) is 11.3 Å². The van der Waals surface area contributed by atoms with Crippen molar-refractivity contribution >= 4 is 40.7 Å². The van der Waals surface area contributed by atoms with E-state index in [1.165, 1.54) is 23.5 Å². The fourth-order valence-corrected chi connectivity index (χ4v) is 5.45. The van der Waals surface area contributed by atoms with Crippen LogP contribution in [0.25, 0.3) is 21.6 Å². The van der Waals surface area contributed by atoms with Crippen LogP contribution in [0.1, 0.15) is 42.5 Å². The van der Waals surface area contributed by atoms with Gasteiger partial charge in [0.25, 0.3) is 11.8 Å². The molecular weight excluding hydrogens is 546 g/mol. The van der Waals surface area contributed by atoms with Crippen LogP contribution in [-0.4, -0.2) is 46.9 Å². The van der Waals surface area contributed by atoms with Gasteiger partial charge in [0, 0.05) is 45.8 Å². The van der Waals surface area contributed by atoms with Crippen molar-refractivity contribution in [2.24, 2.45) is 11.5 Å². The Hall–Kier alpha value is -5.07. The first-order chi connectivity index (χ1) is 19.7. The summed E-state index contributed by atoms with van der Waals surface area (Å²) >= 11 is 1.52. The normalized spacial score (nSPS) is 11.8. The molecule has 2 aromatic carbocycles. The molecule has 1 aliphatic rings. The number of pyridine rings is 1. The minimum absolute atomic E-state index is 0.106. The topological polar surface area (TPSA) is 187 Å². The minimum atomic E-state index is -1.41. The first kappa shape index (κ1) is 27.5. The number of rotatable bonds is 8. The Labute approximate surface area is 238 Å². The monoisotopic (exact) mass is 571 g/mol. The molecule has 1 aliphatic heterocycles. The molecule has 2 aromatic heterocycles. The number of fused-ring (bicyclic) bond motifs is 3. The second-order valence-corrected chi connectivity index (χ2v) is 10.1. The van der Waals surface area contributed by atoms with Gasteiger partial charge in [0.1, 0.15) is 11.4 Å². The average molecular weight is 572 g/mol. The van der Waals surface area contributed by atoms with Gasteiger partial charge >= 0.3 is 5.97 Å². The van der Waals surface area contributed by atoms with Crippen molar-refractivity contribution in [3.05, 3.63) is 88.1 Å². The van der Waals surface area contributed by atoms with Gasteiger partial charge in [0.05, 0.1) is 13.2 Å². The van der Waals surface area contributed by atoms with E-state index in [0.29, 0.717) is 36.6 Å². The molecule has 5 rings (SSSR count). The van der Waals surface area contributed by atoms with Crippen molar-refractivity contribution in [1.29, 1.82) is 0 Å². The number of carbonyl (C=O) groups excluding carboxylic acids is 3. The van der Waals surface area contributed by atoms with E-state index in [-0.39, 0.29) is 22.4 Å². The number of amides is 3. The van der Waals surface area contributed by atoms with E-state index < -0.39 is 35.9 Å². The Bertz CT molecular complexity index is 1680. The SMILES string of the molecule is NCc1ccc(NC(=O)c2cc3c(cc2-c2ccc(C(=O)NCC(N)=O)nc2C(=O)O)OCCc2ccsc2-3)cc1. The van der Waals surface area contributed by atoms with Gasteiger partial charge in [-0.25, -0.2) is 9.78 Å². The number of carboxylic acid groups (broad SMARTS) is 1. The molecule has 0 saturated heterocycles. The molecule has 7 N–H and O–H groups in total. The number of aromatic nitrogens is 1. The molecule has 0 fully saturated rings. The molecule has 0 spiro atoms. The number of carboxylic acids is 1. The number of nitrogens with two attached hydrogens (primary N) is 2. The van der Waals surface area contributed by atoms with E-state index in [4.69, 9.17) is 16.2 Å². The van der Waals surface area contributed by atoms with Crippen LogP contribution in [0.3, 0.4) is 0 Å². The lowest BCUT2D eigenvalue weighted by Gasteiger charge is -2.17. The molecule has 0 atom stereocenters. The number of carbonyl (C=O) groups is 4. The number of hydrogen-bond donors (Lipinski definition) is 5. The van der Waals surface area contributed by atoms with E-state index in [0.717, 1.165) is 16.0 Å². The minimum Gasteiger partial charge on any atom is -0.493 e. The fourth-order valence-electron chi connectivity index (χ4n) is 4.47. The Morgan fingerprint density at radius 1 is 0.976 bits per heavy atom. The number of ether oxygens (including phenoxy) is 1. The molecule has 4 aromatic rings. The first-order valence-electron chi connectivity index (χ1n) is 12.5. The highest BCUT2D eigenvalue weighted by molar-refractivity contribution is 7.13. The highest BCUT2D eigenvalue weighted by atomic mass is 32.1. The van der Waals surface area contributed by atoms with Crippen molar-refractivity contribution in [3.63, 3.8) is 0 Å². The Balaban J connectivity index is 1.64. The number of thiophene rings is 1. The molecule has 0 radical (unpaired) electrons. The number of hydrogen-bond acceptors (Lipinski definition) is 8. The standard InChI is InChI=1S/C29H25N5O6S/c30-13-15-1-3-17(4-2-15)33-27(36)20-11-21-23(40-9-7-16-8-10-41-26(16)21)12-19(20)18-5-6-22(34-25(18)29(38)39)28(37)32-14-24(31)35/h1-6,8,10-12H,7,9,13-14,30H2,(H2,31,35)(H,32,37)(H,33,36)(H,38,39). The Morgan fingerprint density at radius 3 is 2.46 bits per heavy atom. The van der Waals surface area contributed by atoms with Gasteiger partial charge in [-0.05, 0) is 59.0 Å². The number of aromatic carboxylic acids is 1. The predicted octanol–water partition coefficient (Wildman–Crippen LogP) is 3.04. The molecule has 0 saturated carbocycles. The number of anilines is 1. The third-order valence-electron chi connectivity index (χ3n) is 6.48. The van der Waals surface area contributed by atoms with Crippen molar-refractivity contribution in [3.8, 4) is 27.3 Å². The predicted molar refractivity (Wildman–Crippen MR) is 153 cm³/mol. The zero-order chi connectivity index (χ0) is 29.1. The number of nitrogens with one attached hydrogen (secondary N) is 2. The van der Waals surface area contributed by atoms with Gasteiger partial charge in [-0.1, -0.05) is 12.1 Å². The van der Waals surface area contributed by atoms with E-state index in [2.05, 4.69) is 15.6 Å². The van der Waals surface area contributed by atoms with Crippen LogP contribution in [0.4, 0.5) is 5.69 Å². The van der Waals surface area contributed by atoms with Crippen molar-refractivity contribution in [1.82, 2.24) is 10.3 Å². The highest BCUT2D eigenvalue weighted by Gasteiger charge is 2.26. The van der Waals surface area contributed by atoms with Gasteiger partial charge < -0.3 is 31.9 Å². The second-order valence-electron chi connectivity index (χ2n) is 9.17. The summed E-state index contributed by atoms with van der Waals surface area (Å²) < 4.78 is 6.03. The summed E-state index contributed by atoms with van der Waals surface area (Å²) in [6.45, 7) is 0.320. The summed E-state index contributed by atoms with van der Waals surface area (Å²) in [7, 11) is 0. The molecule has 3 amide bonds. The average Bonchev–Trinajstić information content (AvgIpc) is 3.37. The Kier molecular flexibility index (Phi) is 7.77. The zero-order valence-corrected chi connectivity index (χ0v) is 22.4. The Morgan fingerprint density at radius 2 is 1.76 bits per heavy atom. The van der Waals surface area contributed by atoms with Gasteiger partial charge in [0.2, 0.25) is 5.91 Å². The highest BCUT2D eigenvalue weighted by Crippen LogP contribution is 2.43. The van der Waals surface area contributed by atoms with Crippen LogP contribution in [0, 0.1) is 0 Å². The summed E-state index contributed by atoms with van der Waals surface area (Å²) in [5, 5.41) is 17.2. The van der Waals surface area contributed by atoms with Crippen molar-refractivity contribution in [2.75, 3.05) is 18.5 Å². The van der Waals surface area contributed by atoms with E-state index in [1.807, 2.05) is 11.4 Å². The van der Waals surface area contributed by atoms with E-state index >= 15 is 0 Å². The summed E-state index contributed by atoms with van der Waals surface area (Å²) in [6.07, 6.45) is 0.676. The van der Waals surface area contributed by atoms with Gasteiger partial charge in [0.15, 0.2) is 5.69 Å². The lowest BCUT2D eigenvalue weighted by Crippen LogP contribution is -2.33. The van der Waals surface area contributed by atoms with Crippen LogP contribution < -0.4 is 26.8 Å². The van der Waals surface area contributed by atoms with E-state index in [9.17, 15) is 24.3 Å². The zero-order valence-electron chi connectivity index (χ0n) is 21.6. The smallest absolute Gasteiger partial charge is 0.355 e. The lowest BCUT2D eigenvalue weighted by atomic mass is 9.93. The van der Waals surface area contributed by atoms with Gasteiger partial charge in [-0.2, -0.15) is 0 Å². The maximum absolute atomic E-state index is 13.7. The van der Waals surface area contributed by atoms with E-state index in [1.54, 1.807) is 36.4 Å². The molecule has 3 heterocycles. The third-order valence-corrected chi connectivity index (χ3v) is 7.47. The summed E-state index contributed by atoms with van der Waals surface area (Å²) in [4.78, 5) is 54.6. The van der Waals surface area contributed by atoms with Gasteiger partial charge in [-0.3, -0.25) is 14.4 Å². The number of nitrogens with zero attached hydrogens (tertiary/aromatic N) is 1. The van der Waals surface area contributed by atoms with Crippen molar-refractivity contribution < 1.29 is 29.0 Å². The fraction of sp³-hybridized carbons (Fsp3) is 0.138. The summed E-state index contributed by atoms with van der Waals surface area (Å²) in [6, 6.07) is 15.1. The molecule has 0 unspecified atom stereocenters. The third kappa shape index (κ3) is 5.78. The van der Waals surface area contributed by atoms with Crippen LogP contribution in [0.15, 0.2) is 60.0 Å². The van der Waals surface area contributed by atoms with Crippen LogP contribution in [-0.2, 0) is 17.8 Å². The number of benzene rings is 2. The molecular formula is C29H25N5O6S. The first-order valence-corrected chi connectivity index (χ1v) is 13.4. The summed E-state index contributed by atoms with van der Waals surface area (Å²) in [5.41, 5.74) is 13.9. The maximum atomic E-state index is 13.7. The lowest BCUT2D eigenvalue weighted by molar-refractivity contribution is -0.117. The second kappa shape index (κ2) is 11.6. The maximum Gasteiger partial charge on any atom is 0.355 e. The molecule has 208 valence electrons. The van der Waals surface area contributed by atoms with Crippen LogP contribution in [0.2, 0.25) is 0 Å². The molecule has 41 heavy (non-hydrogen) atoms. The quantitative estimate of drug-likeness (QED) is 0.213. The molecule has 11 nitrogen and oxygen atoms in total. The van der Waals surface area contributed by atoms with Crippen LogP contribution in [0.5, 0.6) is 5.75 Å². The molecule has 0 aliphatic carbocycles. The van der Waals surface area contributed by atoms with Crippen molar-refractivity contribution in [2.45, 2.75) is 13.0 Å². The van der Waals surface area contributed by atoms with Crippen LogP contribution >= 0.6 is 11.3 Å². The number of primary amides is 1.